The zero-order valence-corrected chi connectivity index (χ0v) is 12.0. The van der Waals surface area contributed by atoms with Crippen LogP contribution in [0.4, 0.5) is 4.39 Å². The average Bonchev–Trinajstić information content (AvgIpc) is 2.66. The molecule has 1 heterocycles. The summed E-state index contributed by atoms with van der Waals surface area (Å²) in [5.74, 6) is -1.93. The van der Waals surface area contributed by atoms with Crippen LogP contribution in [0.15, 0.2) is 29.2 Å². The van der Waals surface area contributed by atoms with Gasteiger partial charge in [0.15, 0.2) is 0 Å². The van der Waals surface area contributed by atoms with Gasteiger partial charge in [-0.05, 0) is 30.7 Å². The van der Waals surface area contributed by atoms with E-state index in [1.807, 2.05) is 0 Å². The number of thioether (sulfide) groups is 1. The largest absolute Gasteiger partial charge is 0.480 e. The van der Waals surface area contributed by atoms with Crippen molar-refractivity contribution in [2.75, 3.05) is 0 Å². The van der Waals surface area contributed by atoms with Gasteiger partial charge in [0.1, 0.15) is 16.2 Å². The van der Waals surface area contributed by atoms with Gasteiger partial charge in [0, 0.05) is 0 Å². The van der Waals surface area contributed by atoms with E-state index in [2.05, 4.69) is 0 Å². The fraction of sp³-hybridized carbons (Fsp3) is 0.154. The Morgan fingerprint density at radius 3 is 2.60 bits per heavy atom. The van der Waals surface area contributed by atoms with Crippen LogP contribution in [0.3, 0.4) is 0 Å². The molecule has 2 rings (SSSR count). The zero-order chi connectivity index (χ0) is 14.9. The minimum absolute atomic E-state index is 0.207. The van der Waals surface area contributed by atoms with Crippen LogP contribution < -0.4 is 0 Å². The SMILES string of the molecule is C[C@H](C(=O)O)N1C(=O)/C(=C/c2ccc(F)cc2)SC1=S. The molecule has 1 saturated heterocycles. The number of carbonyl (C=O) groups is 2. The predicted octanol–water partition coefficient (Wildman–Crippen LogP) is 2.50. The molecule has 1 aromatic carbocycles. The number of halogens is 1. The highest BCUT2D eigenvalue weighted by atomic mass is 32.2. The Labute approximate surface area is 124 Å². The van der Waals surface area contributed by atoms with Crippen molar-refractivity contribution in [3.8, 4) is 0 Å². The quantitative estimate of drug-likeness (QED) is 0.686. The molecule has 0 aromatic heterocycles. The second kappa shape index (κ2) is 5.72. The van der Waals surface area contributed by atoms with Crippen LogP contribution in [0.5, 0.6) is 0 Å². The Kier molecular flexibility index (Phi) is 4.20. The van der Waals surface area contributed by atoms with Gasteiger partial charge in [0.25, 0.3) is 5.91 Å². The van der Waals surface area contributed by atoms with Gasteiger partial charge in [-0.1, -0.05) is 36.1 Å². The van der Waals surface area contributed by atoms with E-state index in [0.717, 1.165) is 16.7 Å². The molecule has 1 aliphatic rings. The summed E-state index contributed by atoms with van der Waals surface area (Å²) in [6.45, 7) is 1.40. The van der Waals surface area contributed by atoms with Crippen LogP contribution in [0.25, 0.3) is 6.08 Å². The normalized spacial score (nSPS) is 18.7. The van der Waals surface area contributed by atoms with Crippen LogP contribution in [-0.4, -0.2) is 32.2 Å². The van der Waals surface area contributed by atoms with Gasteiger partial charge >= 0.3 is 5.97 Å². The number of amides is 1. The van der Waals surface area contributed by atoms with Crippen molar-refractivity contribution in [2.45, 2.75) is 13.0 Å². The van der Waals surface area contributed by atoms with Gasteiger partial charge in [-0.25, -0.2) is 9.18 Å². The molecule has 104 valence electrons. The first-order valence-corrected chi connectivity index (χ1v) is 6.88. The molecular weight excluding hydrogens is 301 g/mol. The van der Waals surface area contributed by atoms with E-state index < -0.39 is 17.9 Å². The van der Waals surface area contributed by atoms with Gasteiger partial charge in [-0.2, -0.15) is 0 Å². The Morgan fingerprint density at radius 1 is 1.45 bits per heavy atom. The highest BCUT2D eigenvalue weighted by molar-refractivity contribution is 8.26. The van der Waals surface area contributed by atoms with Crippen LogP contribution in [-0.2, 0) is 9.59 Å². The molecule has 0 bridgehead atoms. The fourth-order valence-corrected chi connectivity index (χ4v) is 3.05. The third kappa shape index (κ3) is 2.88. The Bertz CT molecular complexity index is 613. The Hall–Kier alpha value is -1.73. The van der Waals surface area contributed by atoms with Crippen LogP contribution >= 0.6 is 24.0 Å². The number of benzene rings is 1. The number of aliphatic carboxylic acids is 1. The minimum Gasteiger partial charge on any atom is -0.480 e. The minimum atomic E-state index is -1.12. The predicted molar refractivity (Wildman–Crippen MR) is 78.5 cm³/mol. The standard InChI is InChI=1S/C13H10FNO3S2/c1-7(12(17)18)15-11(16)10(20-13(15)19)6-8-2-4-9(14)5-3-8/h2-7H,1H3,(H,17,18)/b10-6-/t7-/m1/s1. The number of hydrogen-bond donors (Lipinski definition) is 1. The molecule has 20 heavy (non-hydrogen) atoms. The highest BCUT2D eigenvalue weighted by Gasteiger charge is 2.38. The second-order valence-electron chi connectivity index (χ2n) is 4.12. The first-order chi connectivity index (χ1) is 9.40. The van der Waals surface area contributed by atoms with Crippen molar-refractivity contribution >= 4 is 46.3 Å². The molecule has 0 spiro atoms. The number of carboxylic acids is 1. The number of carbonyl (C=O) groups excluding carboxylic acids is 1. The Morgan fingerprint density at radius 2 is 2.05 bits per heavy atom. The van der Waals surface area contributed by atoms with Crippen molar-refractivity contribution in [3.63, 3.8) is 0 Å². The maximum absolute atomic E-state index is 12.8. The molecule has 4 nitrogen and oxygen atoms in total. The topological polar surface area (TPSA) is 57.6 Å². The maximum atomic E-state index is 12.8. The lowest BCUT2D eigenvalue weighted by Crippen LogP contribution is -2.41. The van der Waals surface area contributed by atoms with E-state index in [1.165, 1.54) is 31.2 Å². The van der Waals surface area contributed by atoms with E-state index in [1.54, 1.807) is 6.08 Å². The number of thiocarbonyl (C=S) groups is 1. The zero-order valence-electron chi connectivity index (χ0n) is 10.4. The molecule has 1 aliphatic heterocycles. The number of rotatable bonds is 3. The van der Waals surface area contributed by atoms with Crippen molar-refractivity contribution < 1.29 is 19.1 Å². The molecule has 1 amide bonds. The third-order valence-corrected chi connectivity index (χ3v) is 4.07. The lowest BCUT2D eigenvalue weighted by Gasteiger charge is -2.18. The van der Waals surface area contributed by atoms with Crippen molar-refractivity contribution in [1.29, 1.82) is 0 Å². The van der Waals surface area contributed by atoms with Crippen LogP contribution in [0.2, 0.25) is 0 Å². The number of carboxylic acid groups (broad SMARTS) is 1. The summed E-state index contributed by atoms with van der Waals surface area (Å²) in [4.78, 5) is 24.5. The van der Waals surface area contributed by atoms with Crippen LogP contribution in [0.1, 0.15) is 12.5 Å². The first kappa shape index (κ1) is 14.7. The van der Waals surface area contributed by atoms with Gasteiger partial charge in [0.2, 0.25) is 0 Å². The maximum Gasteiger partial charge on any atom is 0.326 e. The van der Waals surface area contributed by atoms with E-state index in [9.17, 15) is 14.0 Å². The smallest absolute Gasteiger partial charge is 0.326 e. The summed E-state index contributed by atoms with van der Waals surface area (Å²) in [6.07, 6.45) is 1.56. The summed E-state index contributed by atoms with van der Waals surface area (Å²) in [5, 5.41) is 8.96. The van der Waals surface area contributed by atoms with Crippen LogP contribution in [0, 0.1) is 5.82 Å². The van der Waals surface area contributed by atoms with Gasteiger partial charge in [-0.3, -0.25) is 9.69 Å². The van der Waals surface area contributed by atoms with Crippen molar-refractivity contribution in [1.82, 2.24) is 4.90 Å². The van der Waals surface area contributed by atoms with Crippen molar-refractivity contribution in [2.24, 2.45) is 0 Å². The lowest BCUT2D eigenvalue weighted by atomic mass is 10.2. The fourth-order valence-electron chi connectivity index (χ4n) is 1.63. The summed E-state index contributed by atoms with van der Waals surface area (Å²) in [7, 11) is 0. The number of hydrogen-bond acceptors (Lipinski definition) is 4. The summed E-state index contributed by atoms with van der Waals surface area (Å²) < 4.78 is 13.0. The van der Waals surface area contributed by atoms with E-state index >= 15 is 0 Å². The average molecular weight is 311 g/mol. The third-order valence-electron chi connectivity index (χ3n) is 2.74. The molecule has 0 saturated carbocycles. The molecule has 1 N–H and O–H groups in total. The van der Waals surface area contributed by atoms with E-state index in [4.69, 9.17) is 17.3 Å². The molecule has 1 atom stereocenters. The van der Waals surface area contributed by atoms with Crippen molar-refractivity contribution in [3.05, 3.63) is 40.6 Å². The monoisotopic (exact) mass is 311 g/mol. The first-order valence-electron chi connectivity index (χ1n) is 5.65. The summed E-state index contributed by atoms with van der Waals surface area (Å²) in [5.41, 5.74) is 0.648. The van der Waals surface area contributed by atoms with E-state index in [0.29, 0.717) is 10.5 Å². The summed E-state index contributed by atoms with van der Waals surface area (Å²) in [6, 6.07) is 4.62. The summed E-state index contributed by atoms with van der Waals surface area (Å²) >= 11 is 6.07. The molecular formula is C13H10FNO3S2. The van der Waals surface area contributed by atoms with Gasteiger partial charge < -0.3 is 5.11 Å². The lowest BCUT2D eigenvalue weighted by molar-refractivity contribution is -0.144. The second-order valence-corrected chi connectivity index (χ2v) is 5.79. The molecule has 0 radical (unpaired) electrons. The molecule has 1 fully saturated rings. The van der Waals surface area contributed by atoms with Gasteiger partial charge in [-0.15, -0.1) is 0 Å². The highest BCUT2D eigenvalue weighted by Crippen LogP contribution is 2.33. The molecule has 7 heteroatoms. The Balaban J connectivity index is 2.28. The molecule has 0 aliphatic carbocycles. The molecule has 1 aromatic rings. The van der Waals surface area contributed by atoms with E-state index in [-0.39, 0.29) is 10.1 Å². The number of nitrogens with zero attached hydrogens (tertiary/aromatic N) is 1. The molecule has 0 unspecified atom stereocenters. The van der Waals surface area contributed by atoms with Gasteiger partial charge in [0.05, 0.1) is 4.91 Å².